The Morgan fingerprint density at radius 2 is 1.67 bits per heavy atom. The number of amides is 2. The molecule has 0 atom stereocenters. The fourth-order valence-corrected chi connectivity index (χ4v) is 3.80. The van der Waals surface area contributed by atoms with Gasteiger partial charge < -0.3 is 8.98 Å². The van der Waals surface area contributed by atoms with Crippen molar-refractivity contribution in [2.75, 3.05) is 7.05 Å². The topological polar surface area (TPSA) is 55.5 Å². The van der Waals surface area contributed by atoms with Crippen molar-refractivity contribution in [1.29, 1.82) is 0 Å². The third-order valence-electron chi connectivity index (χ3n) is 5.12. The van der Waals surface area contributed by atoms with Gasteiger partial charge in [0.05, 0.1) is 17.4 Å². The zero-order chi connectivity index (χ0) is 18.7. The van der Waals surface area contributed by atoms with Crippen molar-refractivity contribution in [2.24, 2.45) is 7.05 Å². The first-order chi connectivity index (χ1) is 13.1. The van der Waals surface area contributed by atoms with Gasteiger partial charge in [0.2, 0.25) is 0 Å². The average Bonchev–Trinajstić information content (AvgIpc) is 3.34. The van der Waals surface area contributed by atoms with E-state index in [0.717, 1.165) is 26.8 Å². The maximum Gasteiger partial charge on any atom is 0.262 e. The lowest BCUT2D eigenvalue weighted by Gasteiger charge is -2.06. The van der Waals surface area contributed by atoms with Crippen molar-refractivity contribution >= 4 is 44.8 Å². The lowest BCUT2D eigenvalue weighted by Crippen LogP contribution is -2.26. The normalized spacial score (nSPS) is 15.0. The molecule has 0 saturated heterocycles. The molecule has 0 saturated carbocycles. The van der Waals surface area contributed by atoms with Crippen molar-refractivity contribution < 1.29 is 14.0 Å². The standard InChI is InChI=1S/C22H15N2O3/c1-23-12-16(14-7-3-4-9-17(14)23)19-18(21(25)24(2)22(19)26)15-8-5-6-13-10-11-27-20(13)15/h3-5,7-12H,1-2H3. The van der Waals surface area contributed by atoms with Crippen LogP contribution in [0.2, 0.25) is 0 Å². The van der Waals surface area contributed by atoms with Gasteiger partial charge >= 0.3 is 0 Å². The van der Waals surface area contributed by atoms with Crippen LogP contribution in [-0.2, 0) is 16.6 Å². The fraction of sp³-hybridized carbons (Fsp3) is 0.0909. The number of aromatic nitrogens is 1. The molecule has 131 valence electrons. The first-order valence-electron chi connectivity index (χ1n) is 8.57. The minimum absolute atomic E-state index is 0.307. The van der Waals surface area contributed by atoms with E-state index in [1.807, 2.05) is 42.1 Å². The van der Waals surface area contributed by atoms with E-state index in [9.17, 15) is 9.59 Å². The van der Waals surface area contributed by atoms with Crippen LogP contribution in [0, 0.1) is 6.07 Å². The van der Waals surface area contributed by atoms with Crippen molar-refractivity contribution in [1.82, 2.24) is 9.47 Å². The van der Waals surface area contributed by atoms with E-state index in [0.29, 0.717) is 22.3 Å². The molecule has 3 heterocycles. The molecule has 5 rings (SSSR count). The summed E-state index contributed by atoms with van der Waals surface area (Å²) in [4.78, 5) is 27.2. The van der Waals surface area contributed by atoms with Gasteiger partial charge in [-0.15, -0.1) is 0 Å². The Hall–Kier alpha value is -3.60. The van der Waals surface area contributed by atoms with Gasteiger partial charge in [0, 0.05) is 47.7 Å². The number of carbonyl (C=O) groups is 2. The molecule has 1 aliphatic rings. The number of furan rings is 1. The summed E-state index contributed by atoms with van der Waals surface area (Å²) in [6.45, 7) is 0. The molecule has 2 aromatic carbocycles. The molecule has 0 fully saturated rings. The molecular weight excluding hydrogens is 340 g/mol. The van der Waals surface area contributed by atoms with E-state index >= 15 is 0 Å². The Morgan fingerprint density at radius 1 is 0.926 bits per heavy atom. The highest BCUT2D eigenvalue weighted by atomic mass is 16.3. The van der Waals surface area contributed by atoms with E-state index < -0.39 is 0 Å². The van der Waals surface area contributed by atoms with E-state index in [4.69, 9.17) is 4.42 Å². The zero-order valence-corrected chi connectivity index (χ0v) is 14.8. The number of aryl methyl sites for hydroxylation is 1. The van der Waals surface area contributed by atoms with Gasteiger partial charge in [-0.05, 0) is 24.3 Å². The van der Waals surface area contributed by atoms with Gasteiger partial charge in [-0.3, -0.25) is 14.5 Å². The maximum absolute atomic E-state index is 13.0. The molecule has 0 N–H and O–H groups in total. The number of imide groups is 1. The number of fused-ring (bicyclic) bond motifs is 2. The van der Waals surface area contributed by atoms with E-state index in [-0.39, 0.29) is 11.8 Å². The van der Waals surface area contributed by atoms with Crippen molar-refractivity contribution in [2.45, 2.75) is 0 Å². The van der Waals surface area contributed by atoms with Crippen molar-refractivity contribution in [3.8, 4) is 0 Å². The highest BCUT2D eigenvalue weighted by Crippen LogP contribution is 2.40. The smallest absolute Gasteiger partial charge is 0.262 e. The van der Waals surface area contributed by atoms with Crippen LogP contribution in [-0.4, -0.2) is 28.3 Å². The van der Waals surface area contributed by atoms with Crippen LogP contribution in [0.4, 0.5) is 0 Å². The Morgan fingerprint density at radius 3 is 2.48 bits per heavy atom. The van der Waals surface area contributed by atoms with E-state index in [1.54, 1.807) is 24.5 Å². The van der Waals surface area contributed by atoms with Crippen LogP contribution in [0.15, 0.2) is 59.3 Å². The monoisotopic (exact) mass is 355 g/mol. The van der Waals surface area contributed by atoms with Crippen LogP contribution < -0.4 is 0 Å². The van der Waals surface area contributed by atoms with Crippen LogP contribution in [0.5, 0.6) is 0 Å². The molecular formula is C22H15N2O3. The minimum Gasteiger partial charge on any atom is -0.464 e. The number of para-hydroxylation sites is 1. The van der Waals surface area contributed by atoms with Crippen LogP contribution in [0.25, 0.3) is 33.0 Å². The molecule has 4 aromatic rings. The summed E-state index contributed by atoms with van der Waals surface area (Å²) in [7, 11) is 3.44. The van der Waals surface area contributed by atoms with E-state index in [1.165, 1.54) is 7.05 Å². The van der Waals surface area contributed by atoms with Gasteiger partial charge in [-0.25, -0.2) is 0 Å². The van der Waals surface area contributed by atoms with Gasteiger partial charge in [-0.2, -0.15) is 0 Å². The quantitative estimate of drug-likeness (QED) is 0.516. The van der Waals surface area contributed by atoms with Crippen LogP contribution >= 0.6 is 0 Å². The third-order valence-corrected chi connectivity index (χ3v) is 5.12. The minimum atomic E-state index is -0.327. The Balaban J connectivity index is 1.90. The number of nitrogens with zero attached hydrogens (tertiary/aromatic N) is 2. The first kappa shape index (κ1) is 15.6. The summed E-state index contributed by atoms with van der Waals surface area (Å²) >= 11 is 0. The SMILES string of the molecule is CN1C(=O)C(c2cn(C)c3ccccc23)=C(c2cc[c]c3ccoc23)C1=O. The number of benzene rings is 2. The largest absolute Gasteiger partial charge is 0.464 e. The molecule has 0 unspecified atom stereocenters. The van der Waals surface area contributed by atoms with Gasteiger partial charge in [0.25, 0.3) is 11.8 Å². The highest BCUT2D eigenvalue weighted by molar-refractivity contribution is 6.50. The van der Waals surface area contributed by atoms with E-state index in [2.05, 4.69) is 6.07 Å². The number of likely N-dealkylation sites (N-methyl/N-ethyl adjacent to an activating group) is 1. The van der Waals surface area contributed by atoms with Crippen LogP contribution in [0.3, 0.4) is 0 Å². The molecule has 5 nitrogen and oxygen atoms in total. The highest BCUT2D eigenvalue weighted by Gasteiger charge is 2.39. The number of rotatable bonds is 2. The molecule has 0 aliphatic carbocycles. The van der Waals surface area contributed by atoms with Gasteiger partial charge in [-0.1, -0.05) is 24.3 Å². The fourth-order valence-electron chi connectivity index (χ4n) is 3.80. The number of hydrogen-bond donors (Lipinski definition) is 0. The molecule has 0 spiro atoms. The maximum atomic E-state index is 13.0. The summed E-state index contributed by atoms with van der Waals surface area (Å²) < 4.78 is 7.57. The molecule has 5 heteroatoms. The van der Waals surface area contributed by atoms with Crippen molar-refractivity contribution in [3.63, 3.8) is 0 Å². The predicted octanol–water partition coefficient (Wildman–Crippen LogP) is 3.63. The number of carbonyl (C=O) groups excluding carboxylic acids is 2. The van der Waals surface area contributed by atoms with Crippen LogP contribution in [0.1, 0.15) is 11.1 Å². The lowest BCUT2D eigenvalue weighted by atomic mass is 9.95. The second kappa shape index (κ2) is 5.45. The average molecular weight is 355 g/mol. The molecule has 1 aliphatic heterocycles. The summed E-state index contributed by atoms with van der Waals surface area (Å²) in [5, 5.41) is 1.70. The molecule has 2 aromatic heterocycles. The first-order valence-corrected chi connectivity index (χ1v) is 8.57. The van der Waals surface area contributed by atoms with Gasteiger partial charge in [0.15, 0.2) is 0 Å². The second-order valence-corrected chi connectivity index (χ2v) is 6.64. The van der Waals surface area contributed by atoms with Gasteiger partial charge in [0.1, 0.15) is 5.58 Å². The van der Waals surface area contributed by atoms with Crippen molar-refractivity contribution in [3.05, 3.63) is 72.1 Å². The lowest BCUT2D eigenvalue weighted by molar-refractivity contribution is -0.134. The molecule has 1 radical (unpaired) electrons. The Bertz CT molecular complexity index is 1290. The molecule has 27 heavy (non-hydrogen) atoms. The third kappa shape index (κ3) is 2.05. The summed E-state index contributed by atoms with van der Waals surface area (Å²) in [6.07, 6.45) is 3.46. The second-order valence-electron chi connectivity index (χ2n) is 6.64. The number of hydrogen-bond acceptors (Lipinski definition) is 3. The Kier molecular flexibility index (Phi) is 3.15. The molecule has 0 bridgehead atoms. The summed E-state index contributed by atoms with van der Waals surface area (Å²) in [6, 6.07) is 16.2. The predicted molar refractivity (Wildman–Crippen MR) is 103 cm³/mol. The summed E-state index contributed by atoms with van der Waals surface area (Å²) in [5.41, 5.74) is 3.69. The molecule has 2 amide bonds. The Labute approximate surface area is 155 Å². The zero-order valence-electron chi connectivity index (χ0n) is 14.8. The summed E-state index contributed by atoms with van der Waals surface area (Å²) in [5.74, 6) is -0.634.